The molecule has 1 amide bonds. The maximum Gasteiger partial charge on any atom is 0.230 e. The SMILES string of the molecule is COc1ccc([C@H](CC(C)C)NC(=O)CSCc2cc(C)cc(C)c2)cc1. The Bertz CT molecular complexity index is 720. The molecule has 27 heavy (non-hydrogen) atoms. The highest BCUT2D eigenvalue weighted by atomic mass is 32.2. The minimum Gasteiger partial charge on any atom is -0.497 e. The number of nitrogens with one attached hydrogen (secondary N) is 1. The summed E-state index contributed by atoms with van der Waals surface area (Å²) in [6.07, 6.45) is 0.916. The Morgan fingerprint density at radius 3 is 2.26 bits per heavy atom. The Kier molecular flexibility index (Phi) is 8.23. The van der Waals surface area contributed by atoms with Crippen LogP contribution in [0.2, 0.25) is 0 Å². The van der Waals surface area contributed by atoms with Crippen LogP contribution in [0.3, 0.4) is 0 Å². The van der Waals surface area contributed by atoms with Crippen molar-refractivity contribution in [3.05, 3.63) is 64.7 Å². The zero-order valence-corrected chi connectivity index (χ0v) is 17.9. The lowest BCUT2D eigenvalue weighted by Gasteiger charge is -2.21. The molecule has 0 spiro atoms. The molecule has 0 aliphatic heterocycles. The van der Waals surface area contributed by atoms with Crippen molar-refractivity contribution in [2.75, 3.05) is 12.9 Å². The molecular weight excluding hydrogens is 354 g/mol. The zero-order valence-electron chi connectivity index (χ0n) is 17.0. The van der Waals surface area contributed by atoms with Gasteiger partial charge in [-0.25, -0.2) is 0 Å². The standard InChI is InChI=1S/C23H31NO2S/c1-16(2)10-22(20-6-8-21(26-5)9-7-20)24-23(25)15-27-14-19-12-17(3)11-18(4)13-19/h6-9,11-13,16,22H,10,14-15H2,1-5H3,(H,24,25)/t22-/m0/s1. The van der Waals surface area contributed by atoms with Crippen molar-refractivity contribution in [3.8, 4) is 5.75 Å². The molecule has 0 saturated heterocycles. The van der Waals surface area contributed by atoms with Crippen LogP contribution in [0, 0.1) is 19.8 Å². The molecule has 0 fully saturated rings. The predicted octanol–water partition coefficient (Wildman–Crippen LogP) is 5.45. The quantitative estimate of drug-likeness (QED) is 0.624. The molecule has 0 aliphatic rings. The van der Waals surface area contributed by atoms with Gasteiger partial charge in [-0.1, -0.05) is 55.3 Å². The molecule has 2 rings (SSSR count). The first-order valence-electron chi connectivity index (χ1n) is 9.45. The van der Waals surface area contributed by atoms with Gasteiger partial charge in [0.2, 0.25) is 5.91 Å². The Morgan fingerprint density at radius 2 is 1.70 bits per heavy atom. The van der Waals surface area contributed by atoms with Gasteiger partial charge in [-0.3, -0.25) is 4.79 Å². The lowest BCUT2D eigenvalue weighted by Crippen LogP contribution is -2.30. The third kappa shape index (κ3) is 7.30. The molecule has 0 saturated carbocycles. The summed E-state index contributed by atoms with van der Waals surface area (Å²) < 4.78 is 5.23. The Balaban J connectivity index is 1.92. The number of hydrogen-bond acceptors (Lipinski definition) is 3. The van der Waals surface area contributed by atoms with Crippen molar-refractivity contribution in [2.45, 2.75) is 45.9 Å². The van der Waals surface area contributed by atoms with Gasteiger partial charge in [-0.15, -0.1) is 11.8 Å². The highest BCUT2D eigenvalue weighted by Gasteiger charge is 2.16. The van der Waals surface area contributed by atoms with Crippen molar-refractivity contribution in [1.29, 1.82) is 0 Å². The van der Waals surface area contributed by atoms with Crippen LogP contribution in [0.15, 0.2) is 42.5 Å². The molecule has 0 heterocycles. The summed E-state index contributed by atoms with van der Waals surface area (Å²) in [4.78, 5) is 12.5. The molecule has 2 aromatic rings. The normalized spacial score (nSPS) is 12.1. The number of amides is 1. The van der Waals surface area contributed by atoms with E-state index in [-0.39, 0.29) is 11.9 Å². The zero-order chi connectivity index (χ0) is 19.8. The third-order valence-electron chi connectivity index (χ3n) is 4.34. The number of rotatable bonds is 9. The summed E-state index contributed by atoms with van der Waals surface area (Å²) in [5.74, 6) is 2.74. The molecular formula is C23H31NO2S. The maximum absolute atomic E-state index is 12.5. The first kappa shape index (κ1) is 21.4. The minimum atomic E-state index is 0.0326. The number of ether oxygens (including phenoxy) is 1. The summed E-state index contributed by atoms with van der Waals surface area (Å²) in [5.41, 5.74) is 4.94. The van der Waals surface area contributed by atoms with E-state index >= 15 is 0 Å². The van der Waals surface area contributed by atoms with Crippen LogP contribution in [0.4, 0.5) is 0 Å². The van der Waals surface area contributed by atoms with Gasteiger partial charge in [0.25, 0.3) is 0 Å². The fraction of sp³-hybridized carbons (Fsp3) is 0.435. The smallest absolute Gasteiger partial charge is 0.230 e. The van der Waals surface area contributed by atoms with E-state index < -0.39 is 0 Å². The average molecular weight is 386 g/mol. The topological polar surface area (TPSA) is 38.3 Å². The van der Waals surface area contributed by atoms with Crippen molar-refractivity contribution < 1.29 is 9.53 Å². The van der Waals surface area contributed by atoms with E-state index in [2.05, 4.69) is 51.2 Å². The number of carbonyl (C=O) groups is 1. The summed E-state index contributed by atoms with van der Waals surface area (Å²) in [7, 11) is 1.66. The van der Waals surface area contributed by atoms with Crippen LogP contribution in [0.1, 0.15) is 48.6 Å². The van der Waals surface area contributed by atoms with Crippen molar-refractivity contribution in [3.63, 3.8) is 0 Å². The Labute approximate surface area is 167 Å². The molecule has 0 unspecified atom stereocenters. The highest BCUT2D eigenvalue weighted by molar-refractivity contribution is 7.99. The van der Waals surface area contributed by atoms with Gasteiger partial charge in [0.1, 0.15) is 5.75 Å². The van der Waals surface area contributed by atoms with Crippen LogP contribution in [0.25, 0.3) is 0 Å². The van der Waals surface area contributed by atoms with Gasteiger partial charge >= 0.3 is 0 Å². The van der Waals surface area contributed by atoms with E-state index in [0.29, 0.717) is 11.7 Å². The van der Waals surface area contributed by atoms with Gasteiger partial charge in [0.15, 0.2) is 0 Å². The number of methoxy groups -OCH3 is 1. The van der Waals surface area contributed by atoms with Crippen molar-refractivity contribution in [1.82, 2.24) is 5.32 Å². The molecule has 0 radical (unpaired) electrons. The van der Waals surface area contributed by atoms with Gasteiger partial charge < -0.3 is 10.1 Å². The largest absolute Gasteiger partial charge is 0.497 e. The van der Waals surface area contributed by atoms with Crippen molar-refractivity contribution >= 4 is 17.7 Å². The van der Waals surface area contributed by atoms with Crippen LogP contribution < -0.4 is 10.1 Å². The Morgan fingerprint density at radius 1 is 1.07 bits per heavy atom. The number of aryl methyl sites for hydroxylation is 2. The van der Waals surface area contributed by atoms with E-state index in [1.54, 1.807) is 18.9 Å². The molecule has 1 N–H and O–H groups in total. The molecule has 0 aromatic heterocycles. The summed E-state index contributed by atoms with van der Waals surface area (Å²) in [6, 6.07) is 14.6. The number of carbonyl (C=O) groups excluding carboxylic acids is 1. The van der Waals surface area contributed by atoms with Crippen molar-refractivity contribution in [2.24, 2.45) is 5.92 Å². The van der Waals surface area contributed by atoms with Crippen LogP contribution in [-0.2, 0) is 10.5 Å². The second-order valence-electron chi connectivity index (χ2n) is 7.51. The second-order valence-corrected chi connectivity index (χ2v) is 8.50. The molecule has 3 nitrogen and oxygen atoms in total. The summed E-state index contributed by atoms with van der Waals surface area (Å²) in [6.45, 7) is 8.58. The first-order valence-corrected chi connectivity index (χ1v) is 10.6. The van der Waals surface area contributed by atoms with Gasteiger partial charge in [0, 0.05) is 5.75 Å². The summed E-state index contributed by atoms with van der Waals surface area (Å²) >= 11 is 1.66. The lowest BCUT2D eigenvalue weighted by atomic mass is 9.97. The molecule has 4 heteroatoms. The van der Waals surface area contributed by atoms with E-state index in [9.17, 15) is 4.79 Å². The highest BCUT2D eigenvalue weighted by Crippen LogP contribution is 2.24. The van der Waals surface area contributed by atoms with E-state index in [0.717, 1.165) is 23.5 Å². The monoisotopic (exact) mass is 385 g/mol. The van der Waals surface area contributed by atoms with Crippen LogP contribution in [-0.4, -0.2) is 18.8 Å². The number of thioether (sulfide) groups is 1. The molecule has 1 atom stereocenters. The molecule has 2 aromatic carbocycles. The van der Waals surface area contributed by atoms with Crippen LogP contribution >= 0.6 is 11.8 Å². The predicted molar refractivity (Wildman–Crippen MR) is 115 cm³/mol. The van der Waals surface area contributed by atoms with E-state index in [1.807, 2.05) is 24.3 Å². The molecule has 146 valence electrons. The number of benzene rings is 2. The third-order valence-corrected chi connectivity index (χ3v) is 5.35. The van der Waals surface area contributed by atoms with E-state index in [4.69, 9.17) is 4.74 Å². The number of hydrogen-bond donors (Lipinski definition) is 1. The fourth-order valence-electron chi connectivity index (χ4n) is 3.24. The van der Waals surface area contributed by atoms with Gasteiger partial charge in [0.05, 0.1) is 18.9 Å². The van der Waals surface area contributed by atoms with Gasteiger partial charge in [-0.2, -0.15) is 0 Å². The minimum absolute atomic E-state index is 0.0326. The first-order chi connectivity index (χ1) is 12.9. The average Bonchev–Trinajstić information content (AvgIpc) is 2.60. The van der Waals surface area contributed by atoms with E-state index in [1.165, 1.54) is 16.7 Å². The second kappa shape index (κ2) is 10.4. The summed E-state index contributed by atoms with van der Waals surface area (Å²) in [5, 5.41) is 3.21. The molecule has 0 bridgehead atoms. The lowest BCUT2D eigenvalue weighted by molar-refractivity contribution is -0.119. The Hall–Kier alpha value is -1.94. The fourth-order valence-corrected chi connectivity index (χ4v) is 4.01. The van der Waals surface area contributed by atoms with Crippen LogP contribution in [0.5, 0.6) is 5.75 Å². The maximum atomic E-state index is 12.5. The van der Waals surface area contributed by atoms with Gasteiger partial charge in [-0.05, 0) is 49.4 Å². The molecule has 0 aliphatic carbocycles.